The number of aromatic nitrogens is 4. The van der Waals surface area contributed by atoms with Crippen LogP contribution in [0.2, 0.25) is 0 Å². The first-order valence-electron chi connectivity index (χ1n) is 13.0. The predicted octanol–water partition coefficient (Wildman–Crippen LogP) is 4.25. The summed E-state index contributed by atoms with van der Waals surface area (Å²) in [4.78, 5) is 48.2. The van der Waals surface area contributed by atoms with Crippen molar-refractivity contribution in [2.75, 3.05) is 5.32 Å². The number of hydrogen-bond acceptors (Lipinski definition) is 6. The molecule has 38 heavy (non-hydrogen) atoms. The number of nitrogens with zero attached hydrogens (tertiary/aromatic N) is 5. The molecule has 2 saturated carbocycles. The van der Waals surface area contributed by atoms with Gasteiger partial charge in [0.2, 0.25) is 17.8 Å². The van der Waals surface area contributed by atoms with E-state index in [4.69, 9.17) is 4.98 Å². The molecule has 2 aliphatic carbocycles. The first-order chi connectivity index (χ1) is 18.0. The Hall–Kier alpha value is -3.53. The van der Waals surface area contributed by atoms with Gasteiger partial charge in [-0.1, -0.05) is 0 Å². The Morgan fingerprint density at radius 1 is 0.868 bits per heavy atom. The van der Waals surface area contributed by atoms with E-state index < -0.39 is 0 Å². The summed E-state index contributed by atoms with van der Waals surface area (Å²) in [6.07, 6.45) is 10.3. The summed E-state index contributed by atoms with van der Waals surface area (Å²) in [5.41, 5.74) is 1.64. The fraction of sp³-hybridized carbons (Fsp3) is 0.444. The van der Waals surface area contributed by atoms with Gasteiger partial charge in [-0.25, -0.2) is 19.2 Å². The topological polar surface area (TPSA) is 102 Å². The number of amides is 2. The molecule has 1 N–H and O–H groups in total. The highest BCUT2D eigenvalue weighted by Crippen LogP contribution is 2.33. The van der Waals surface area contributed by atoms with Crippen molar-refractivity contribution >= 4 is 30.2 Å². The third-order valence-corrected chi connectivity index (χ3v) is 7.87. The normalized spacial score (nSPS) is 21.8. The molecule has 0 atom stereocenters. The molecule has 0 radical (unpaired) electrons. The number of hydrogen-bond donors (Lipinski definition) is 1. The van der Waals surface area contributed by atoms with Gasteiger partial charge in [-0.05, 0) is 75.3 Å². The second kappa shape index (κ2) is 10.7. The Balaban J connectivity index is 0.00000294. The van der Waals surface area contributed by atoms with Gasteiger partial charge in [0.1, 0.15) is 5.82 Å². The maximum Gasteiger partial charge on any atom is 0.333 e. The second-order valence-electron chi connectivity index (χ2n) is 10.2. The van der Waals surface area contributed by atoms with Crippen LogP contribution in [0.3, 0.4) is 0 Å². The Morgan fingerprint density at radius 3 is 2.18 bits per heavy atom. The Kier molecular flexibility index (Phi) is 7.34. The van der Waals surface area contributed by atoms with Gasteiger partial charge < -0.3 is 5.32 Å². The van der Waals surface area contributed by atoms with Crippen LogP contribution in [0, 0.1) is 5.82 Å². The van der Waals surface area contributed by atoms with Gasteiger partial charge in [0.25, 0.3) is 0 Å². The van der Waals surface area contributed by atoms with E-state index in [-0.39, 0.29) is 53.9 Å². The molecule has 3 aliphatic rings. The number of benzene rings is 1. The van der Waals surface area contributed by atoms with Crippen LogP contribution in [-0.2, 0) is 9.59 Å². The molecule has 1 saturated heterocycles. The molecule has 2 aromatic heterocycles. The average Bonchev–Trinajstić information content (AvgIpc) is 3.38. The predicted molar refractivity (Wildman–Crippen MR) is 142 cm³/mol. The number of carbonyl (C=O) groups is 2. The van der Waals surface area contributed by atoms with Crippen LogP contribution in [-0.4, -0.2) is 47.9 Å². The van der Waals surface area contributed by atoms with Gasteiger partial charge >= 0.3 is 5.69 Å². The number of imidazole rings is 1. The molecule has 1 aromatic carbocycles. The van der Waals surface area contributed by atoms with Gasteiger partial charge in [-0.3, -0.25) is 23.6 Å². The van der Waals surface area contributed by atoms with Crippen molar-refractivity contribution < 1.29 is 14.0 Å². The van der Waals surface area contributed by atoms with Crippen molar-refractivity contribution in [1.82, 2.24) is 24.0 Å². The second-order valence-corrected chi connectivity index (χ2v) is 10.2. The largest absolute Gasteiger partial charge is 0.351 e. The number of halogens is 2. The number of carbonyl (C=O) groups excluding carboxylic acids is 2. The van der Waals surface area contributed by atoms with Crippen molar-refractivity contribution in [2.24, 2.45) is 0 Å². The van der Waals surface area contributed by atoms with E-state index in [2.05, 4.69) is 10.3 Å². The number of nitrogens with one attached hydrogen (secondary N) is 1. The first-order valence-corrected chi connectivity index (χ1v) is 13.0. The molecule has 0 spiro atoms. The minimum atomic E-state index is -0.363. The van der Waals surface area contributed by atoms with Gasteiger partial charge in [0, 0.05) is 43.4 Å². The Labute approximate surface area is 225 Å². The van der Waals surface area contributed by atoms with E-state index in [1.54, 1.807) is 33.5 Å². The summed E-state index contributed by atoms with van der Waals surface area (Å²) < 4.78 is 16.9. The molecule has 6 rings (SSSR count). The minimum absolute atomic E-state index is 0. The summed E-state index contributed by atoms with van der Waals surface area (Å²) in [7, 11) is 0. The molecular weight excluding hydrogens is 511 g/mol. The first kappa shape index (κ1) is 26.1. The van der Waals surface area contributed by atoms with E-state index in [1.165, 1.54) is 17.0 Å². The third-order valence-electron chi connectivity index (χ3n) is 7.87. The van der Waals surface area contributed by atoms with Crippen LogP contribution in [0.4, 0.5) is 10.3 Å². The summed E-state index contributed by atoms with van der Waals surface area (Å²) in [5.74, 6) is -0.0146. The number of imide groups is 1. The van der Waals surface area contributed by atoms with E-state index in [9.17, 15) is 18.8 Å². The molecule has 3 aromatic rings. The number of likely N-dealkylation sites (tertiary alicyclic amines) is 1. The zero-order valence-corrected chi connectivity index (χ0v) is 21.7. The number of rotatable bonds is 6. The summed E-state index contributed by atoms with van der Waals surface area (Å²) in [6, 6.07) is 7.92. The van der Waals surface area contributed by atoms with Crippen LogP contribution in [0.5, 0.6) is 0 Å². The maximum atomic E-state index is 13.6. The molecule has 0 bridgehead atoms. The molecule has 9 nitrogen and oxygen atoms in total. The summed E-state index contributed by atoms with van der Waals surface area (Å²) in [5, 5.41) is 3.40. The standard InChI is InChI=1S/C27H29FN6O3.ClH/c28-17-4-8-20(9-5-17)33-23(16-32(27(33)37)19-2-1-3-19)22-14-15-29-26(31-22)30-18-6-10-21(11-7-18)34-24(35)12-13-25(34)36;/h4-5,8-9,14-16,18-19,21H,1-3,6-7,10-13H2,(H,29,30,31);1H. The molecular formula is C27H30ClFN6O3. The van der Waals surface area contributed by atoms with Crippen LogP contribution in [0.25, 0.3) is 17.1 Å². The van der Waals surface area contributed by atoms with Crippen molar-refractivity contribution in [2.45, 2.75) is 75.9 Å². The highest BCUT2D eigenvalue weighted by atomic mass is 35.5. The lowest BCUT2D eigenvalue weighted by atomic mass is 9.90. The fourth-order valence-electron chi connectivity index (χ4n) is 5.64. The maximum absolute atomic E-state index is 13.6. The van der Waals surface area contributed by atoms with Gasteiger partial charge in [-0.2, -0.15) is 0 Å². The minimum Gasteiger partial charge on any atom is -0.351 e. The van der Waals surface area contributed by atoms with Crippen molar-refractivity contribution in [3.05, 3.63) is 59.0 Å². The molecule has 11 heteroatoms. The lowest BCUT2D eigenvalue weighted by Crippen LogP contribution is -2.43. The molecule has 2 amide bonds. The van der Waals surface area contributed by atoms with E-state index in [0.29, 0.717) is 35.9 Å². The van der Waals surface area contributed by atoms with E-state index >= 15 is 0 Å². The van der Waals surface area contributed by atoms with Gasteiger partial charge in [0.05, 0.1) is 17.1 Å². The summed E-state index contributed by atoms with van der Waals surface area (Å²) in [6.45, 7) is 0. The molecule has 1 aliphatic heterocycles. The van der Waals surface area contributed by atoms with Crippen molar-refractivity contribution in [1.29, 1.82) is 0 Å². The van der Waals surface area contributed by atoms with E-state index in [0.717, 1.165) is 44.9 Å². The molecule has 3 heterocycles. The quantitative estimate of drug-likeness (QED) is 0.469. The average molecular weight is 541 g/mol. The zero-order valence-electron chi connectivity index (χ0n) is 20.9. The van der Waals surface area contributed by atoms with Crippen molar-refractivity contribution in [3.8, 4) is 17.1 Å². The van der Waals surface area contributed by atoms with Crippen LogP contribution >= 0.6 is 12.4 Å². The third kappa shape index (κ3) is 4.84. The van der Waals surface area contributed by atoms with Crippen LogP contribution in [0.1, 0.15) is 63.8 Å². The highest BCUT2D eigenvalue weighted by molar-refractivity contribution is 6.02. The smallest absolute Gasteiger partial charge is 0.333 e. The fourth-order valence-corrected chi connectivity index (χ4v) is 5.64. The molecule has 200 valence electrons. The monoisotopic (exact) mass is 540 g/mol. The molecule has 0 unspecified atom stereocenters. The van der Waals surface area contributed by atoms with Gasteiger partial charge in [0.15, 0.2) is 0 Å². The van der Waals surface area contributed by atoms with Crippen LogP contribution in [0.15, 0.2) is 47.5 Å². The molecule has 3 fully saturated rings. The summed E-state index contributed by atoms with van der Waals surface area (Å²) >= 11 is 0. The Bertz CT molecular complexity index is 1380. The highest BCUT2D eigenvalue weighted by Gasteiger charge is 2.37. The Morgan fingerprint density at radius 2 is 1.55 bits per heavy atom. The lowest BCUT2D eigenvalue weighted by Gasteiger charge is -2.33. The van der Waals surface area contributed by atoms with Gasteiger partial charge in [-0.15, -0.1) is 12.4 Å². The SMILES string of the molecule is Cl.O=C1CCC(=O)N1C1CCC(Nc2nccc(-c3cn(C4CCC4)c(=O)n3-c3ccc(F)cc3)n2)CC1. The van der Waals surface area contributed by atoms with Crippen molar-refractivity contribution in [3.63, 3.8) is 0 Å². The lowest BCUT2D eigenvalue weighted by molar-refractivity contribution is -0.141. The number of anilines is 1. The van der Waals surface area contributed by atoms with Crippen LogP contribution < -0.4 is 11.0 Å². The zero-order chi connectivity index (χ0) is 25.5. The van der Waals surface area contributed by atoms with E-state index in [1.807, 2.05) is 6.20 Å².